The van der Waals surface area contributed by atoms with Crippen molar-refractivity contribution in [1.82, 2.24) is 19.6 Å². The molecule has 8 heteroatoms. The fraction of sp³-hybridized carbons (Fsp3) is 0.235. The van der Waals surface area contributed by atoms with Crippen LogP contribution in [0.4, 0.5) is 5.82 Å². The van der Waals surface area contributed by atoms with Crippen LogP contribution < -0.4 is 5.32 Å². The van der Waals surface area contributed by atoms with Crippen LogP contribution in [0.25, 0.3) is 0 Å². The monoisotopic (exact) mass is 377 g/mol. The molecule has 130 valence electrons. The van der Waals surface area contributed by atoms with E-state index in [4.69, 9.17) is 23.2 Å². The smallest absolute Gasteiger partial charge is 0.227 e. The van der Waals surface area contributed by atoms with Gasteiger partial charge in [-0.2, -0.15) is 10.2 Å². The molecule has 0 aliphatic rings. The second-order valence-corrected chi connectivity index (χ2v) is 6.49. The largest absolute Gasteiger partial charge is 0.309 e. The van der Waals surface area contributed by atoms with E-state index in [9.17, 15) is 4.79 Å². The predicted octanol–water partition coefficient (Wildman–Crippen LogP) is 3.77. The maximum Gasteiger partial charge on any atom is 0.227 e. The summed E-state index contributed by atoms with van der Waals surface area (Å²) in [5.41, 5.74) is 1.86. The van der Waals surface area contributed by atoms with E-state index in [1.807, 2.05) is 13.1 Å². The number of halogens is 2. The average molecular weight is 378 g/mol. The van der Waals surface area contributed by atoms with Gasteiger partial charge < -0.3 is 5.32 Å². The third kappa shape index (κ3) is 4.61. The Morgan fingerprint density at radius 2 is 1.96 bits per heavy atom. The van der Waals surface area contributed by atoms with Gasteiger partial charge in [-0.05, 0) is 24.6 Å². The molecule has 0 saturated carbocycles. The van der Waals surface area contributed by atoms with E-state index < -0.39 is 0 Å². The van der Waals surface area contributed by atoms with Crippen molar-refractivity contribution in [3.63, 3.8) is 0 Å². The van der Waals surface area contributed by atoms with Crippen molar-refractivity contribution in [1.29, 1.82) is 0 Å². The number of carbonyl (C=O) groups is 1. The summed E-state index contributed by atoms with van der Waals surface area (Å²) in [7, 11) is 0. The van der Waals surface area contributed by atoms with Gasteiger partial charge in [-0.1, -0.05) is 29.3 Å². The van der Waals surface area contributed by atoms with E-state index in [1.165, 1.54) is 0 Å². The highest BCUT2D eigenvalue weighted by Crippen LogP contribution is 2.25. The Bertz CT molecular complexity index is 867. The first-order valence-electron chi connectivity index (χ1n) is 7.76. The van der Waals surface area contributed by atoms with Gasteiger partial charge in [0.05, 0.1) is 12.7 Å². The summed E-state index contributed by atoms with van der Waals surface area (Å²) in [6, 6.07) is 7.10. The highest BCUT2D eigenvalue weighted by atomic mass is 35.5. The number of nitrogens with one attached hydrogen (secondary N) is 1. The van der Waals surface area contributed by atoms with Crippen molar-refractivity contribution >= 4 is 34.9 Å². The highest BCUT2D eigenvalue weighted by molar-refractivity contribution is 6.35. The van der Waals surface area contributed by atoms with Crippen LogP contribution in [0.3, 0.4) is 0 Å². The molecule has 25 heavy (non-hydrogen) atoms. The SMILES string of the molecule is Cc1cnn(CCC(=O)Nc2ccn(Cc3c(Cl)cccc3Cl)n2)c1. The first-order chi connectivity index (χ1) is 12.0. The number of aromatic nitrogens is 4. The summed E-state index contributed by atoms with van der Waals surface area (Å²) in [6.45, 7) is 2.91. The number of hydrogen-bond donors (Lipinski definition) is 1. The normalized spacial score (nSPS) is 10.8. The van der Waals surface area contributed by atoms with E-state index in [1.54, 1.807) is 46.0 Å². The van der Waals surface area contributed by atoms with E-state index >= 15 is 0 Å². The number of anilines is 1. The third-order valence-corrected chi connectivity index (χ3v) is 4.33. The number of rotatable bonds is 6. The van der Waals surface area contributed by atoms with Crippen LogP contribution in [0.2, 0.25) is 10.0 Å². The number of hydrogen-bond acceptors (Lipinski definition) is 3. The molecule has 0 bridgehead atoms. The fourth-order valence-corrected chi connectivity index (χ4v) is 2.89. The minimum Gasteiger partial charge on any atom is -0.309 e. The van der Waals surface area contributed by atoms with Crippen molar-refractivity contribution in [2.75, 3.05) is 5.32 Å². The molecule has 0 fully saturated rings. The van der Waals surface area contributed by atoms with Crippen molar-refractivity contribution in [2.24, 2.45) is 0 Å². The summed E-state index contributed by atoms with van der Waals surface area (Å²) in [5, 5.41) is 12.4. The number of benzene rings is 1. The van der Waals surface area contributed by atoms with Crippen molar-refractivity contribution in [3.8, 4) is 0 Å². The van der Waals surface area contributed by atoms with Gasteiger partial charge in [-0.25, -0.2) is 0 Å². The quantitative estimate of drug-likeness (QED) is 0.710. The van der Waals surface area contributed by atoms with Gasteiger partial charge in [0.2, 0.25) is 5.91 Å². The standard InChI is InChI=1S/C17H17Cl2N5O/c1-12-9-20-23(10-12)8-6-17(25)21-16-5-7-24(22-16)11-13-14(18)3-2-4-15(13)19/h2-5,7,9-10H,6,8,11H2,1H3,(H,21,22,25). The Hall–Kier alpha value is -2.31. The molecule has 0 unspecified atom stereocenters. The van der Waals surface area contributed by atoms with Gasteiger partial charge in [0.25, 0.3) is 0 Å². The van der Waals surface area contributed by atoms with Crippen molar-refractivity contribution in [3.05, 3.63) is 64.0 Å². The Morgan fingerprint density at radius 3 is 2.64 bits per heavy atom. The fourth-order valence-electron chi connectivity index (χ4n) is 2.37. The minimum absolute atomic E-state index is 0.117. The molecule has 1 N–H and O–H groups in total. The third-order valence-electron chi connectivity index (χ3n) is 3.62. The summed E-state index contributed by atoms with van der Waals surface area (Å²) in [6.07, 6.45) is 5.76. The van der Waals surface area contributed by atoms with Gasteiger partial charge in [-0.15, -0.1) is 0 Å². The molecule has 2 heterocycles. The van der Waals surface area contributed by atoms with E-state index in [0.29, 0.717) is 35.4 Å². The minimum atomic E-state index is -0.117. The van der Waals surface area contributed by atoms with Gasteiger partial charge in [0.15, 0.2) is 5.82 Å². The van der Waals surface area contributed by atoms with E-state index in [-0.39, 0.29) is 5.91 Å². The molecular formula is C17H17Cl2N5O. The molecule has 2 aromatic heterocycles. The second kappa shape index (κ2) is 7.72. The van der Waals surface area contributed by atoms with Crippen molar-refractivity contribution < 1.29 is 4.79 Å². The molecule has 0 atom stereocenters. The molecule has 1 aromatic carbocycles. The summed E-state index contributed by atoms with van der Waals surface area (Å²) in [4.78, 5) is 12.0. The zero-order valence-electron chi connectivity index (χ0n) is 13.6. The molecule has 1 amide bonds. The molecule has 0 aliphatic heterocycles. The number of aryl methyl sites for hydroxylation is 2. The zero-order valence-corrected chi connectivity index (χ0v) is 15.1. The maximum atomic E-state index is 12.0. The summed E-state index contributed by atoms with van der Waals surface area (Å²) >= 11 is 12.3. The van der Waals surface area contributed by atoms with Crippen LogP contribution in [0.5, 0.6) is 0 Å². The van der Waals surface area contributed by atoms with Gasteiger partial charge in [0.1, 0.15) is 0 Å². The molecule has 3 rings (SSSR count). The Balaban J connectivity index is 1.57. The first-order valence-corrected chi connectivity index (χ1v) is 8.52. The van der Waals surface area contributed by atoms with Gasteiger partial charge in [0, 0.05) is 47.0 Å². The Kier molecular flexibility index (Phi) is 5.40. The average Bonchev–Trinajstić information content (AvgIpc) is 3.18. The lowest BCUT2D eigenvalue weighted by Gasteiger charge is -2.07. The number of nitrogens with zero attached hydrogens (tertiary/aromatic N) is 4. The number of amides is 1. The van der Waals surface area contributed by atoms with Crippen LogP contribution >= 0.6 is 23.2 Å². The summed E-state index contributed by atoms with van der Waals surface area (Å²) in [5.74, 6) is 0.374. The summed E-state index contributed by atoms with van der Waals surface area (Å²) < 4.78 is 3.42. The van der Waals surface area contributed by atoms with Gasteiger partial charge in [-0.3, -0.25) is 14.2 Å². The molecule has 6 nitrogen and oxygen atoms in total. The van der Waals surface area contributed by atoms with E-state index in [0.717, 1.165) is 11.1 Å². The first kappa shape index (κ1) is 17.5. The lowest BCUT2D eigenvalue weighted by molar-refractivity contribution is -0.116. The Labute approximate surface area is 155 Å². The topological polar surface area (TPSA) is 64.7 Å². The molecule has 0 saturated heterocycles. The van der Waals surface area contributed by atoms with Crippen LogP contribution in [-0.4, -0.2) is 25.5 Å². The Morgan fingerprint density at radius 1 is 1.20 bits per heavy atom. The van der Waals surface area contributed by atoms with Crippen molar-refractivity contribution in [2.45, 2.75) is 26.4 Å². The van der Waals surface area contributed by atoms with Crippen LogP contribution in [-0.2, 0) is 17.9 Å². The molecule has 0 radical (unpaired) electrons. The van der Waals surface area contributed by atoms with Crippen LogP contribution in [0.1, 0.15) is 17.5 Å². The van der Waals surface area contributed by atoms with Gasteiger partial charge >= 0.3 is 0 Å². The van der Waals surface area contributed by atoms with Crippen LogP contribution in [0, 0.1) is 6.92 Å². The lowest BCUT2D eigenvalue weighted by atomic mass is 10.2. The van der Waals surface area contributed by atoms with E-state index in [2.05, 4.69) is 15.5 Å². The molecule has 0 aliphatic carbocycles. The number of carbonyl (C=O) groups excluding carboxylic acids is 1. The predicted molar refractivity (Wildman–Crippen MR) is 98.0 cm³/mol. The highest BCUT2D eigenvalue weighted by Gasteiger charge is 2.09. The molecule has 3 aromatic rings. The maximum absolute atomic E-state index is 12.0. The second-order valence-electron chi connectivity index (χ2n) is 5.68. The van der Waals surface area contributed by atoms with Crippen LogP contribution in [0.15, 0.2) is 42.9 Å². The zero-order chi connectivity index (χ0) is 17.8. The molecule has 0 spiro atoms. The lowest BCUT2D eigenvalue weighted by Crippen LogP contribution is -2.15. The molecular weight excluding hydrogens is 361 g/mol.